The SMILES string of the molecule is CC(C)=CCCC(C)=CCOc1cc(C2OCC3C(c4ccc5c(c4)OCO5)OCC23)cc2c1OCO2. The molecule has 2 saturated heterocycles. The summed E-state index contributed by atoms with van der Waals surface area (Å²) >= 11 is 0. The van der Waals surface area contributed by atoms with Gasteiger partial charge in [0.2, 0.25) is 19.3 Å². The van der Waals surface area contributed by atoms with Crippen LogP contribution in [0.1, 0.15) is 56.9 Å². The van der Waals surface area contributed by atoms with E-state index in [1.807, 2.05) is 24.3 Å². The third-order valence-corrected chi connectivity index (χ3v) is 7.54. The predicted octanol–water partition coefficient (Wildman–Crippen LogP) is 6.29. The maximum absolute atomic E-state index is 6.37. The van der Waals surface area contributed by atoms with Crippen molar-refractivity contribution in [3.63, 3.8) is 0 Å². The number of ether oxygens (including phenoxy) is 7. The van der Waals surface area contributed by atoms with Crippen LogP contribution in [-0.4, -0.2) is 33.4 Å². The number of fused-ring (bicyclic) bond motifs is 3. The minimum absolute atomic E-state index is 0.0336. The smallest absolute Gasteiger partial charge is 0.231 e. The molecule has 4 heterocycles. The molecule has 0 N–H and O–H groups in total. The van der Waals surface area contributed by atoms with Gasteiger partial charge in [-0.15, -0.1) is 0 Å². The first-order valence-electron chi connectivity index (χ1n) is 13.0. The lowest BCUT2D eigenvalue weighted by atomic mass is 9.85. The van der Waals surface area contributed by atoms with Crippen LogP contribution in [0, 0.1) is 11.8 Å². The molecule has 7 nitrogen and oxygen atoms in total. The third kappa shape index (κ3) is 4.90. The lowest BCUT2D eigenvalue weighted by Crippen LogP contribution is -2.14. The van der Waals surface area contributed by atoms with Crippen molar-refractivity contribution >= 4 is 0 Å². The van der Waals surface area contributed by atoms with Gasteiger partial charge in [0.25, 0.3) is 0 Å². The second-order valence-corrected chi connectivity index (χ2v) is 10.4. The van der Waals surface area contributed by atoms with E-state index >= 15 is 0 Å². The zero-order valence-electron chi connectivity index (χ0n) is 21.7. The molecule has 0 saturated carbocycles. The van der Waals surface area contributed by atoms with Crippen molar-refractivity contribution in [2.45, 2.75) is 45.8 Å². The van der Waals surface area contributed by atoms with Crippen LogP contribution in [0.15, 0.2) is 53.6 Å². The molecule has 0 spiro atoms. The van der Waals surface area contributed by atoms with E-state index in [9.17, 15) is 0 Å². The molecule has 4 atom stereocenters. The largest absolute Gasteiger partial charge is 0.485 e. The molecule has 196 valence electrons. The minimum Gasteiger partial charge on any atom is -0.485 e. The van der Waals surface area contributed by atoms with Crippen molar-refractivity contribution in [2.24, 2.45) is 11.8 Å². The van der Waals surface area contributed by atoms with Crippen molar-refractivity contribution in [1.82, 2.24) is 0 Å². The molecule has 2 aromatic rings. The molecule has 0 amide bonds. The normalized spacial score (nSPS) is 25.3. The highest BCUT2D eigenvalue weighted by molar-refractivity contribution is 5.56. The van der Waals surface area contributed by atoms with Gasteiger partial charge in [0.1, 0.15) is 6.61 Å². The first-order chi connectivity index (χ1) is 18.1. The third-order valence-electron chi connectivity index (χ3n) is 7.54. The fraction of sp³-hybridized carbons (Fsp3) is 0.467. The maximum atomic E-state index is 6.37. The summed E-state index contributed by atoms with van der Waals surface area (Å²) in [5.41, 5.74) is 4.79. The van der Waals surface area contributed by atoms with Gasteiger partial charge < -0.3 is 33.2 Å². The molecule has 0 aromatic heterocycles. The quantitative estimate of drug-likeness (QED) is 0.390. The van der Waals surface area contributed by atoms with E-state index in [0.717, 1.165) is 35.5 Å². The van der Waals surface area contributed by atoms with Crippen molar-refractivity contribution < 1.29 is 33.2 Å². The molecule has 4 aliphatic rings. The molecule has 0 bridgehead atoms. The summed E-state index contributed by atoms with van der Waals surface area (Å²) in [6.45, 7) is 8.60. The topological polar surface area (TPSA) is 64.6 Å². The second-order valence-electron chi connectivity index (χ2n) is 10.4. The zero-order chi connectivity index (χ0) is 25.4. The molecule has 2 fully saturated rings. The lowest BCUT2D eigenvalue weighted by Gasteiger charge is -2.18. The Labute approximate surface area is 217 Å². The van der Waals surface area contributed by atoms with Crippen molar-refractivity contribution in [1.29, 1.82) is 0 Å². The first kappa shape index (κ1) is 24.2. The molecular formula is C30H34O7. The molecule has 7 heteroatoms. The van der Waals surface area contributed by atoms with Gasteiger partial charge in [0.05, 0.1) is 25.4 Å². The van der Waals surface area contributed by atoms with Crippen LogP contribution in [0.25, 0.3) is 0 Å². The Bertz CT molecular complexity index is 1210. The van der Waals surface area contributed by atoms with Gasteiger partial charge in [0, 0.05) is 11.8 Å². The molecule has 4 aliphatic heterocycles. The summed E-state index contributed by atoms with van der Waals surface area (Å²) in [6, 6.07) is 10.1. The number of allylic oxidation sites excluding steroid dienone is 3. The van der Waals surface area contributed by atoms with Gasteiger partial charge in [-0.1, -0.05) is 23.3 Å². The summed E-state index contributed by atoms with van der Waals surface area (Å²) < 4.78 is 41.4. The fourth-order valence-corrected chi connectivity index (χ4v) is 5.56. The van der Waals surface area contributed by atoms with E-state index in [2.05, 4.69) is 39.0 Å². The number of hydrogen-bond donors (Lipinski definition) is 0. The number of rotatable bonds is 8. The molecular weight excluding hydrogens is 472 g/mol. The van der Waals surface area contributed by atoms with E-state index in [0.29, 0.717) is 37.1 Å². The summed E-state index contributed by atoms with van der Waals surface area (Å²) in [4.78, 5) is 0. The van der Waals surface area contributed by atoms with E-state index in [-0.39, 0.29) is 37.6 Å². The molecule has 0 aliphatic carbocycles. The highest BCUT2D eigenvalue weighted by atomic mass is 16.7. The van der Waals surface area contributed by atoms with E-state index in [4.69, 9.17) is 33.2 Å². The van der Waals surface area contributed by atoms with Crippen molar-refractivity contribution in [3.8, 4) is 28.7 Å². The monoisotopic (exact) mass is 506 g/mol. The fourth-order valence-electron chi connectivity index (χ4n) is 5.56. The highest BCUT2D eigenvalue weighted by Gasteiger charge is 2.48. The first-order valence-corrected chi connectivity index (χ1v) is 13.0. The summed E-state index contributed by atoms with van der Waals surface area (Å²) in [5, 5.41) is 0. The van der Waals surface area contributed by atoms with Gasteiger partial charge in [0.15, 0.2) is 23.0 Å². The molecule has 0 radical (unpaired) electrons. The molecule has 2 aromatic carbocycles. The van der Waals surface area contributed by atoms with E-state index in [1.165, 1.54) is 11.1 Å². The average molecular weight is 507 g/mol. The van der Waals surface area contributed by atoms with Crippen molar-refractivity contribution in [2.75, 3.05) is 33.4 Å². The molecule has 6 rings (SSSR count). The Kier molecular flexibility index (Phi) is 6.74. The lowest BCUT2D eigenvalue weighted by molar-refractivity contribution is 0.0191. The second kappa shape index (κ2) is 10.3. The van der Waals surface area contributed by atoms with Gasteiger partial charge in [-0.25, -0.2) is 0 Å². The van der Waals surface area contributed by atoms with Crippen LogP contribution in [0.5, 0.6) is 28.7 Å². The van der Waals surface area contributed by atoms with Crippen LogP contribution in [0.4, 0.5) is 0 Å². The minimum atomic E-state index is -0.0952. The molecule has 4 unspecified atom stereocenters. The van der Waals surface area contributed by atoms with E-state index in [1.54, 1.807) is 0 Å². The Balaban J connectivity index is 1.16. The standard InChI is InChI=1S/C30H34O7/c1-18(2)5-4-6-19(3)9-10-31-26-12-21(13-27-30(26)37-17-36-27)29-23-15-32-28(22(23)14-33-29)20-7-8-24-25(11-20)35-16-34-24/h5,7-9,11-13,22-23,28-29H,4,6,10,14-17H2,1-3H3. The Morgan fingerprint density at radius 3 is 2.32 bits per heavy atom. The Morgan fingerprint density at radius 1 is 0.811 bits per heavy atom. The predicted molar refractivity (Wildman–Crippen MR) is 137 cm³/mol. The van der Waals surface area contributed by atoms with Gasteiger partial charge in [-0.05, 0) is 75.1 Å². The van der Waals surface area contributed by atoms with Crippen molar-refractivity contribution in [3.05, 3.63) is 64.8 Å². The summed E-state index contributed by atoms with van der Waals surface area (Å²) in [6.07, 6.45) is 6.34. The van der Waals surface area contributed by atoms with Crippen LogP contribution < -0.4 is 23.7 Å². The van der Waals surface area contributed by atoms with Crippen LogP contribution in [0.3, 0.4) is 0 Å². The van der Waals surface area contributed by atoms with Gasteiger partial charge in [-0.2, -0.15) is 0 Å². The number of hydrogen-bond acceptors (Lipinski definition) is 7. The summed E-state index contributed by atoms with van der Waals surface area (Å²) in [7, 11) is 0. The maximum Gasteiger partial charge on any atom is 0.231 e. The highest BCUT2D eigenvalue weighted by Crippen LogP contribution is 2.53. The summed E-state index contributed by atoms with van der Waals surface area (Å²) in [5.74, 6) is 4.11. The Morgan fingerprint density at radius 2 is 1.51 bits per heavy atom. The van der Waals surface area contributed by atoms with Crippen LogP contribution in [0.2, 0.25) is 0 Å². The van der Waals surface area contributed by atoms with Gasteiger partial charge in [-0.3, -0.25) is 0 Å². The van der Waals surface area contributed by atoms with Crippen LogP contribution in [-0.2, 0) is 9.47 Å². The van der Waals surface area contributed by atoms with E-state index < -0.39 is 0 Å². The Hall–Kier alpha value is -3.16. The average Bonchev–Trinajstić information content (AvgIpc) is 3.67. The molecule has 37 heavy (non-hydrogen) atoms. The number of benzene rings is 2. The van der Waals surface area contributed by atoms with Crippen LogP contribution >= 0.6 is 0 Å². The zero-order valence-corrected chi connectivity index (χ0v) is 21.7. The van der Waals surface area contributed by atoms with Gasteiger partial charge >= 0.3 is 0 Å².